The van der Waals surface area contributed by atoms with E-state index in [2.05, 4.69) is 26.6 Å². The number of fused-ring (bicyclic) bond motifs is 2. The standard InChI is InChI=1S/C21H20BrN3O3/c1-13-11-15(8-9-17(13)22)23-18(26)12-25-19(27)21(24-20(25)28)10-4-6-14-5-2-3-7-16(14)21/h2-3,5,7-9,11H,4,6,10,12H2,1H3,(H,23,26)(H,24,28)/t21-/m1/s1. The maximum atomic E-state index is 13.2. The van der Waals surface area contributed by atoms with E-state index in [0.29, 0.717) is 12.1 Å². The number of aryl methyl sites for hydroxylation is 2. The van der Waals surface area contributed by atoms with Crippen molar-refractivity contribution < 1.29 is 14.4 Å². The number of hydrogen-bond acceptors (Lipinski definition) is 3. The van der Waals surface area contributed by atoms with Gasteiger partial charge in [0.25, 0.3) is 5.91 Å². The summed E-state index contributed by atoms with van der Waals surface area (Å²) < 4.78 is 0.942. The van der Waals surface area contributed by atoms with Gasteiger partial charge in [0.15, 0.2) is 0 Å². The largest absolute Gasteiger partial charge is 0.325 e. The first-order valence-electron chi connectivity index (χ1n) is 9.19. The third kappa shape index (κ3) is 3.09. The molecule has 28 heavy (non-hydrogen) atoms. The molecule has 6 nitrogen and oxygen atoms in total. The van der Waals surface area contributed by atoms with E-state index in [4.69, 9.17) is 0 Å². The number of hydrogen-bond donors (Lipinski definition) is 2. The Hall–Kier alpha value is -2.67. The SMILES string of the molecule is Cc1cc(NC(=O)CN2C(=O)N[C@@]3(CCCc4ccccc43)C2=O)ccc1Br. The van der Waals surface area contributed by atoms with Crippen LogP contribution >= 0.6 is 15.9 Å². The summed E-state index contributed by atoms with van der Waals surface area (Å²) in [5, 5.41) is 5.62. The van der Waals surface area contributed by atoms with Crippen molar-refractivity contribution in [2.75, 3.05) is 11.9 Å². The summed E-state index contributed by atoms with van der Waals surface area (Å²) in [5.41, 5.74) is 2.45. The van der Waals surface area contributed by atoms with Crippen molar-refractivity contribution in [3.05, 3.63) is 63.6 Å². The second-order valence-electron chi connectivity index (χ2n) is 7.25. The van der Waals surface area contributed by atoms with E-state index < -0.39 is 17.5 Å². The van der Waals surface area contributed by atoms with Crippen LogP contribution in [0, 0.1) is 6.92 Å². The lowest BCUT2D eigenvalue weighted by molar-refractivity contribution is -0.134. The Kier molecular flexibility index (Phi) is 4.71. The van der Waals surface area contributed by atoms with Crippen LogP contribution in [-0.4, -0.2) is 29.3 Å². The number of nitrogens with zero attached hydrogens (tertiary/aromatic N) is 1. The smallest absolute Gasteiger partial charge is 0.325 e. The molecule has 0 aromatic heterocycles. The molecular weight excluding hydrogens is 422 g/mol. The highest BCUT2D eigenvalue weighted by Gasteiger charge is 2.54. The summed E-state index contributed by atoms with van der Waals surface area (Å²) in [6.07, 6.45) is 2.23. The monoisotopic (exact) mass is 441 g/mol. The maximum Gasteiger partial charge on any atom is 0.325 e. The molecule has 4 amide bonds. The van der Waals surface area contributed by atoms with E-state index in [1.165, 1.54) is 0 Å². The number of benzene rings is 2. The van der Waals surface area contributed by atoms with Crippen LogP contribution in [0.1, 0.15) is 29.5 Å². The molecule has 4 rings (SSSR count). The van der Waals surface area contributed by atoms with E-state index in [-0.39, 0.29) is 12.5 Å². The molecule has 1 spiro atoms. The summed E-state index contributed by atoms with van der Waals surface area (Å²) in [5.74, 6) is -0.766. The van der Waals surface area contributed by atoms with Crippen LogP contribution < -0.4 is 10.6 Å². The summed E-state index contributed by atoms with van der Waals surface area (Å²) in [7, 11) is 0. The fourth-order valence-electron chi connectivity index (χ4n) is 4.02. The van der Waals surface area contributed by atoms with Gasteiger partial charge in [-0.15, -0.1) is 0 Å². The predicted molar refractivity (Wildman–Crippen MR) is 109 cm³/mol. The Balaban J connectivity index is 1.54. The quantitative estimate of drug-likeness (QED) is 0.715. The number of nitrogens with one attached hydrogen (secondary N) is 2. The fraction of sp³-hybridized carbons (Fsp3) is 0.286. The minimum atomic E-state index is -1.06. The molecule has 0 unspecified atom stereocenters. The molecule has 2 aromatic rings. The zero-order valence-corrected chi connectivity index (χ0v) is 17.0. The van der Waals surface area contributed by atoms with Crippen LogP contribution in [0.25, 0.3) is 0 Å². The third-order valence-electron chi connectivity index (χ3n) is 5.39. The fourth-order valence-corrected chi connectivity index (χ4v) is 4.27. The molecule has 0 bridgehead atoms. The van der Waals surface area contributed by atoms with E-state index in [1.807, 2.05) is 43.3 Å². The molecule has 1 fully saturated rings. The molecule has 1 atom stereocenters. The van der Waals surface area contributed by atoms with E-state index in [0.717, 1.165) is 38.9 Å². The second kappa shape index (κ2) is 7.05. The first kappa shape index (κ1) is 18.7. The van der Waals surface area contributed by atoms with Gasteiger partial charge in [0.05, 0.1) is 0 Å². The minimum Gasteiger partial charge on any atom is -0.325 e. The molecule has 7 heteroatoms. The number of amides is 4. The molecule has 2 aliphatic rings. The van der Waals surface area contributed by atoms with Crippen LogP contribution in [0.15, 0.2) is 46.9 Å². The lowest BCUT2D eigenvalue weighted by Crippen LogP contribution is -2.47. The topological polar surface area (TPSA) is 78.5 Å². The molecule has 1 saturated heterocycles. The average Bonchev–Trinajstić information content (AvgIpc) is 2.90. The summed E-state index contributed by atoms with van der Waals surface area (Å²) in [6, 6.07) is 12.6. The van der Waals surface area contributed by atoms with E-state index >= 15 is 0 Å². The number of urea groups is 1. The summed E-state index contributed by atoms with van der Waals surface area (Å²) in [6.45, 7) is 1.60. The van der Waals surface area contributed by atoms with Crippen molar-refractivity contribution in [1.29, 1.82) is 0 Å². The average molecular weight is 442 g/mol. The van der Waals surface area contributed by atoms with Gasteiger partial charge in [-0.1, -0.05) is 40.2 Å². The van der Waals surface area contributed by atoms with Gasteiger partial charge < -0.3 is 10.6 Å². The molecule has 0 saturated carbocycles. The van der Waals surface area contributed by atoms with Crippen molar-refractivity contribution in [3.8, 4) is 0 Å². The zero-order valence-electron chi connectivity index (χ0n) is 15.4. The molecule has 1 aliphatic heterocycles. The van der Waals surface area contributed by atoms with Crippen LogP contribution in [0.3, 0.4) is 0 Å². The minimum absolute atomic E-state index is 0.316. The first-order valence-corrected chi connectivity index (χ1v) is 9.98. The molecule has 0 radical (unpaired) electrons. The predicted octanol–water partition coefficient (Wildman–Crippen LogP) is 3.48. The Morgan fingerprint density at radius 3 is 2.82 bits per heavy atom. The number of halogens is 1. The van der Waals surface area contributed by atoms with Crippen molar-refractivity contribution >= 4 is 39.5 Å². The van der Waals surface area contributed by atoms with Crippen molar-refractivity contribution in [2.24, 2.45) is 0 Å². The van der Waals surface area contributed by atoms with Gasteiger partial charge in [0.1, 0.15) is 12.1 Å². The van der Waals surface area contributed by atoms with Crippen LogP contribution in [0.2, 0.25) is 0 Å². The van der Waals surface area contributed by atoms with Gasteiger partial charge >= 0.3 is 6.03 Å². The molecule has 2 N–H and O–H groups in total. The molecule has 1 heterocycles. The molecule has 2 aromatic carbocycles. The van der Waals surface area contributed by atoms with Gasteiger partial charge in [0.2, 0.25) is 5.91 Å². The van der Waals surface area contributed by atoms with Gasteiger partial charge in [-0.3, -0.25) is 14.5 Å². The van der Waals surface area contributed by atoms with E-state index in [1.54, 1.807) is 6.07 Å². The molecular formula is C21H20BrN3O3. The Bertz CT molecular complexity index is 991. The Morgan fingerprint density at radius 2 is 2.04 bits per heavy atom. The highest BCUT2D eigenvalue weighted by Crippen LogP contribution is 2.39. The van der Waals surface area contributed by atoms with Gasteiger partial charge in [0, 0.05) is 10.2 Å². The van der Waals surface area contributed by atoms with Crippen molar-refractivity contribution in [3.63, 3.8) is 0 Å². The van der Waals surface area contributed by atoms with Gasteiger partial charge in [-0.05, 0) is 61.1 Å². The Morgan fingerprint density at radius 1 is 1.25 bits per heavy atom. The van der Waals surface area contributed by atoms with Crippen molar-refractivity contribution in [1.82, 2.24) is 10.2 Å². The Labute approximate surface area is 171 Å². The highest BCUT2D eigenvalue weighted by atomic mass is 79.9. The second-order valence-corrected chi connectivity index (χ2v) is 8.10. The summed E-state index contributed by atoms with van der Waals surface area (Å²) in [4.78, 5) is 39.3. The van der Waals surface area contributed by atoms with E-state index in [9.17, 15) is 14.4 Å². The highest BCUT2D eigenvalue weighted by molar-refractivity contribution is 9.10. The summed E-state index contributed by atoms with van der Waals surface area (Å²) >= 11 is 3.42. The first-order chi connectivity index (χ1) is 13.4. The van der Waals surface area contributed by atoms with Crippen LogP contribution in [0.4, 0.5) is 10.5 Å². The van der Waals surface area contributed by atoms with Gasteiger partial charge in [-0.2, -0.15) is 0 Å². The molecule has 144 valence electrons. The number of imide groups is 1. The number of rotatable bonds is 3. The number of carbonyl (C=O) groups is 3. The normalized spacial score (nSPS) is 20.9. The van der Waals surface area contributed by atoms with Gasteiger partial charge in [-0.25, -0.2) is 4.79 Å². The van der Waals surface area contributed by atoms with Crippen molar-refractivity contribution in [2.45, 2.75) is 31.7 Å². The lowest BCUT2D eigenvalue weighted by atomic mass is 9.76. The number of anilines is 1. The third-order valence-corrected chi connectivity index (χ3v) is 6.28. The maximum absolute atomic E-state index is 13.2. The van der Waals surface area contributed by atoms with Crippen LogP contribution in [-0.2, 0) is 21.5 Å². The van der Waals surface area contributed by atoms with Crippen LogP contribution in [0.5, 0.6) is 0 Å². The lowest BCUT2D eigenvalue weighted by Gasteiger charge is -2.33. The molecule has 1 aliphatic carbocycles. The number of carbonyl (C=O) groups excluding carboxylic acids is 3. The zero-order chi connectivity index (χ0) is 19.9.